The number of nitrogens with zero attached hydrogens (tertiary/aromatic N) is 3. The third kappa shape index (κ3) is 4.49. The van der Waals surface area contributed by atoms with Crippen LogP contribution in [0, 0.1) is 0 Å². The van der Waals surface area contributed by atoms with Crippen molar-refractivity contribution in [2.24, 2.45) is 5.73 Å². The molecular weight excluding hydrogens is 320 g/mol. The zero-order chi connectivity index (χ0) is 18.4. The number of aromatic nitrogens is 2. The van der Waals surface area contributed by atoms with E-state index in [1.54, 1.807) is 0 Å². The molecule has 0 fully saturated rings. The zero-order valence-corrected chi connectivity index (χ0v) is 16.2. The smallest absolute Gasteiger partial charge is 0.0607 e. The molecule has 0 saturated carbocycles. The van der Waals surface area contributed by atoms with E-state index >= 15 is 0 Å². The average Bonchev–Trinajstić information content (AvgIpc) is 2.67. The minimum Gasteiger partial charge on any atom is -0.330 e. The molecule has 1 aliphatic carbocycles. The van der Waals surface area contributed by atoms with Crippen LogP contribution >= 0.6 is 0 Å². The summed E-state index contributed by atoms with van der Waals surface area (Å²) in [5.41, 5.74) is 11.0. The van der Waals surface area contributed by atoms with E-state index in [2.05, 4.69) is 43.0 Å². The fraction of sp³-hybridized carbons (Fsp3) is 0.545. The van der Waals surface area contributed by atoms with Crippen molar-refractivity contribution in [2.45, 2.75) is 64.5 Å². The predicted octanol–water partition coefficient (Wildman–Crippen LogP) is 4.22. The molecule has 2 heterocycles. The van der Waals surface area contributed by atoms with Crippen molar-refractivity contribution in [3.63, 3.8) is 0 Å². The van der Waals surface area contributed by atoms with Gasteiger partial charge in [-0.15, -0.1) is 0 Å². The summed E-state index contributed by atoms with van der Waals surface area (Å²) in [6.45, 7) is 7.19. The third-order valence-electron chi connectivity index (χ3n) is 5.41. The van der Waals surface area contributed by atoms with E-state index in [1.807, 2.05) is 12.4 Å². The van der Waals surface area contributed by atoms with Crippen molar-refractivity contribution < 1.29 is 0 Å². The fourth-order valence-corrected chi connectivity index (χ4v) is 4.05. The van der Waals surface area contributed by atoms with Crippen LogP contribution in [-0.2, 0) is 13.0 Å². The summed E-state index contributed by atoms with van der Waals surface area (Å²) in [6.07, 6.45) is 9.61. The van der Waals surface area contributed by atoms with Gasteiger partial charge in [0.1, 0.15) is 0 Å². The molecule has 2 aromatic heterocycles. The number of hydrogen-bond acceptors (Lipinski definition) is 4. The maximum absolute atomic E-state index is 5.74. The number of pyridine rings is 2. The van der Waals surface area contributed by atoms with Gasteiger partial charge < -0.3 is 5.73 Å². The SMILES string of the molecule is CC(C)c1cccnc1CN(CCCCN)[C@@H]1CCCc2cccnc21. The van der Waals surface area contributed by atoms with Crippen molar-refractivity contribution in [3.05, 3.63) is 59.2 Å². The third-order valence-corrected chi connectivity index (χ3v) is 5.41. The van der Waals surface area contributed by atoms with E-state index in [9.17, 15) is 0 Å². The average molecular weight is 353 g/mol. The van der Waals surface area contributed by atoms with Gasteiger partial charge in [0.05, 0.1) is 17.4 Å². The summed E-state index contributed by atoms with van der Waals surface area (Å²) < 4.78 is 0. The van der Waals surface area contributed by atoms with Crippen LogP contribution in [0.25, 0.3) is 0 Å². The molecule has 0 saturated heterocycles. The predicted molar refractivity (Wildman–Crippen MR) is 107 cm³/mol. The standard InChI is InChI=1S/C22H32N4/c1-17(2)19-10-7-13-24-20(19)16-26(15-4-3-12-23)21-11-5-8-18-9-6-14-25-22(18)21/h6-7,9-10,13-14,17,21H,3-5,8,11-12,15-16,23H2,1-2H3/t21-/m1/s1. The molecule has 0 radical (unpaired) electrons. The molecule has 0 aliphatic heterocycles. The lowest BCUT2D eigenvalue weighted by molar-refractivity contribution is 0.160. The molecule has 4 heteroatoms. The van der Waals surface area contributed by atoms with Crippen molar-refractivity contribution in [1.29, 1.82) is 0 Å². The van der Waals surface area contributed by atoms with Crippen molar-refractivity contribution in [1.82, 2.24) is 14.9 Å². The Morgan fingerprint density at radius 2 is 1.96 bits per heavy atom. The molecule has 140 valence electrons. The lowest BCUT2D eigenvalue weighted by atomic mass is 9.90. The van der Waals surface area contributed by atoms with E-state index in [0.717, 1.165) is 38.9 Å². The number of nitrogens with two attached hydrogens (primary N) is 1. The summed E-state index contributed by atoms with van der Waals surface area (Å²) in [6, 6.07) is 8.97. The van der Waals surface area contributed by atoms with E-state index in [1.165, 1.54) is 35.4 Å². The largest absolute Gasteiger partial charge is 0.330 e. The zero-order valence-electron chi connectivity index (χ0n) is 16.2. The monoisotopic (exact) mass is 352 g/mol. The Kier molecular flexibility index (Phi) is 6.75. The number of rotatable bonds is 8. The summed E-state index contributed by atoms with van der Waals surface area (Å²) in [7, 11) is 0. The van der Waals surface area contributed by atoms with Gasteiger partial charge in [-0.2, -0.15) is 0 Å². The lowest BCUT2D eigenvalue weighted by Crippen LogP contribution is -2.33. The van der Waals surface area contributed by atoms with Crippen LogP contribution in [0.2, 0.25) is 0 Å². The van der Waals surface area contributed by atoms with Crippen LogP contribution in [0.15, 0.2) is 36.7 Å². The minimum absolute atomic E-state index is 0.389. The minimum atomic E-state index is 0.389. The Morgan fingerprint density at radius 3 is 2.77 bits per heavy atom. The molecule has 0 amide bonds. The molecule has 1 aliphatic rings. The van der Waals surface area contributed by atoms with Gasteiger partial charge in [-0.05, 0) is 74.4 Å². The molecule has 0 bridgehead atoms. The first-order chi connectivity index (χ1) is 12.7. The van der Waals surface area contributed by atoms with Gasteiger partial charge in [0.2, 0.25) is 0 Å². The van der Waals surface area contributed by atoms with Gasteiger partial charge in [-0.1, -0.05) is 26.0 Å². The fourth-order valence-electron chi connectivity index (χ4n) is 4.05. The van der Waals surface area contributed by atoms with Crippen LogP contribution in [-0.4, -0.2) is 28.0 Å². The molecule has 4 nitrogen and oxygen atoms in total. The summed E-state index contributed by atoms with van der Waals surface area (Å²) in [5.74, 6) is 0.487. The Hall–Kier alpha value is -1.78. The van der Waals surface area contributed by atoms with E-state index in [4.69, 9.17) is 15.7 Å². The number of aryl methyl sites for hydroxylation is 1. The molecule has 0 spiro atoms. The van der Waals surface area contributed by atoms with Gasteiger partial charge in [-0.25, -0.2) is 0 Å². The number of unbranched alkanes of at least 4 members (excludes halogenated alkanes) is 1. The van der Waals surface area contributed by atoms with E-state index in [-0.39, 0.29) is 0 Å². The molecular formula is C22H32N4. The van der Waals surface area contributed by atoms with Gasteiger partial charge in [0.15, 0.2) is 0 Å². The van der Waals surface area contributed by atoms with Gasteiger partial charge in [0, 0.05) is 18.9 Å². The van der Waals surface area contributed by atoms with Crippen LogP contribution in [0.1, 0.15) is 74.0 Å². The van der Waals surface area contributed by atoms with Crippen LogP contribution in [0.3, 0.4) is 0 Å². The Balaban J connectivity index is 1.87. The topological polar surface area (TPSA) is 55.0 Å². The van der Waals surface area contributed by atoms with Gasteiger partial charge >= 0.3 is 0 Å². The number of fused-ring (bicyclic) bond motifs is 1. The highest BCUT2D eigenvalue weighted by Crippen LogP contribution is 2.34. The highest BCUT2D eigenvalue weighted by molar-refractivity contribution is 5.27. The maximum atomic E-state index is 5.74. The first-order valence-electron chi connectivity index (χ1n) is 10.0. The second-order valence-electron chi connectivity index (χ2n) is 7.62. The Labute approximate surface area is 157 Å². The van der Waals surface area contributed by atoms with Crippen molar-refractivity contribution in [2.75, 3.05) is 13.1 Å². The van der Waals surface area contributed by atoms with Crippen LogP contribution < -0.4 is 5.73 Å². The van der Waals surface area contributed by atoms with E-state index in [0.29, 0.717) is 12.0 Å². The van der Waals surface area contributed by atoms with Gasteiger partial charge in [-0.3, -0.25) is 14.9 Å². The van der Waals surface area contributed by atoms with Crippen LogP contribution in [0.5, 0.6) is 0 Å². The van der Waals surface area contributed by atoms with Crippen LogP contribution in [0.4, 0.5) is 0 Å². The highest BCUT2D eigenvalue weighted by atomic mass is 15.2. The molecule has 1 atom stereocenters. The second-order valence-corrected chi connectivity index (χ2v) is 7.62. The Morgan fingerprint density at radius 1 is 1.15 bits per heavy atom. The van der Waals surface area contributed by atoms with Gasteiger partial charge in [0.25, 0.3) is 0 Å². The lowest BCUT2D eigenvalue weighted by Gasteiger charge is -2.35. The normalized spacial score (nSPS) is 16.9. The molecule has 2 N–H and O–H groups in total. The molecule has 0 unspecified atom stereocenters. The second kappa shape index (κ2) is 9.24. The highest BCUT2D eigenvalue weighted by Gasteiger charge is 2.27. The first kappa shape index (κ1) is 19.0. The summed E-state index contributed by atoms with van der Waals surface area (Å²) in [5, 5.41) is 0. The molecule has 2 aromatic rings. The van der Waals surface area contributed by atoms with Crippen molar-refractivity contribution >= 4 is 0 Å². The quantitative estimate of drug-likeness (QED) is 0.723. The van der Waals surface area contributed by atoms with Crippen molar-refractivity contribution in [3.8, 4) is 0 Å². The summed E-state index contributed by atoms with van der Waals surface area (Å²) in [4.78, 5) is 12.1. The molecule has 3 rings (SSSR count). The summed E-state index contributed by atoms with van der Waals surface area (Å²) >= 11 is 0. The Bertz CT molecular complexity index is 698. The van der Waals surface area contributed by atoms with E-state index < -0.39 is 0 Å². The number of hydrogen-bond donors (Lipinski definition) is 1. The molecule has 0 aromatic carbocycles. The maximum Gasteiger partial charge on any atom is 0.0607 e. The first-order valence-corrected chi connectivity index (χ1v) is 10.0. The molecule has 26 heavy (non-hydrogen) atoms.